The lowest BCUT2D eigenvalue weighted by molar-refractivity contribution is -0.143. The van der Waals surface area contributed by atoms with Gasteiger partial charge in [0.15, 0.2) is 0 Å². The highest BCUT2D eigenvalue weighted by Gasteiger charge is 2.08. The molecule has 1 aromatic carbocycles. The standard InChI is InChI=1S/C13H13ClN4O2/c1-2-13(19)20-17-12(7-18-9-15-8-16-18)10-3-5-11(14)6-4-10/h3-6,8-9H,2,7H2,1H3. The molecule has 0 N–H and O–H groups in total. The highest BCUT2D eigenvalue weighted by atomic mass is 35.5. The first-order chi connectivity index (χ1) is 9.69. The van der Waals surface area contributed by atoms with Gasteiger partial charge in [0.1, 0.15) is 18.4 Å². The molecule has 6 nitrogen and oxygen atoms in total. The normalized spacial score (nSPS) is 11.4. The van der Waals surface area contributed by atoms with Crippen molar-refractivity contribution in [1.82, 2.24) is 14.8 Å². The highest BCUT2D eigenvalue weighted by Crippen LogP contribution is 2.11. The van der Waals surface area contributed by atoms with Crippen molar-refractivity contribution in [3.05, 3.63) is 47.5 Å². The Morgan fingerprint density at radius 1 is 1.40 bits per heavy atom. The van der Waals surface area contributed by atoms with Crippen LogP contribution in [0.25, 0.3) is 0 Å². The van der Waals surface area contributed by atoms with E-state index in [1.807, 2.05) is 0 Å². The van der Waals surface area contributed by atoms with E-state index in [2.05, 4.69) is 15.2 Å². The average Bonchev–Trinajstić information content (AvgIpc) is 2.97. The SMILES string of the molecule is CCC(=O)ON=C(Cn1cncn1)c1ccc(Cl)cc1. The van der Waals surface area contributed by atoms with Gasteiger partial charge in [-0.05, 0) is 12.1 Å². The van der Waals surface area contributed by atoms with Gasteiger partial charge in [-0.25, -0.2) is 14.5 Å². The summed E-state index contributed by atoms with van der Waals surface area (Å²) in [5.41, 5.74) is 1.36. The van der Waals surface area contributed by atoms with Crippen LogP contribution in [0.4, 0.5) is 0 Å². The highest BCUT2D eigenvalue weighted by molar-refractivity contribution is 6.30. The van der Waals surface area contributed by atoms with Crippen LogP contribution in [-0.2, 0) is 16.2 Å². The number of carbonyl (C=O) groups excluding carboxylic acids is 1. The molecule has 0 fully saturated rings. The second kappa shape index (κ2) is 6.81. The smallest absolute Gasteiger partial charge is 0.318 e. The lowest BCUT2D eigenvalue weighted by atomic mass is 10.1. The molecule has 0 saturated carbocycles. The third-order valence-electron chi connectivity index (χ3n) is 2.50. The van der Waals surface area contributed by atoms with Gasteiger partial charge in [0.25, 0.3) is 0 Å². The lowest BCUT2D eigenvalue weighted by Crippen LogP contribution is -2.14. The molecule has 2 aromatic rings. The first-order valence-corrected chi connectivity index (χ1v) is 6.42. The molecule has 1 heterocycles. The van der Waals surface area contributed by atoms with E-state index in [9.17, 15) is 4.79 Å². The number of aromatic nitrogens is 3. The van der Waals surface area contributed by atoms with E-state index >= 15 is 0 Å². The Bertz CT molecular complexity index is 593. The summed E-state index contributed by atoms with van der Waals surface area (Å²) in [5, 5.41) is 8.53. The van der Waals surface area contributed by atoms with Crippen molar-refractivity contribution in [2.24, 2.45) is 5.16 Å². The number of benzene rings is 1. The zero-order chi connectivity index (χ0) is 14.4. The lowest BCUT2D eigenvalue weighted by Gasteiger charge is -2.06. The second-order valence-corrected chi connectivity index (χ2v) is 4.39. The van der Waals surface area contributed by atoms with Gasteiger partial charge in [-0.3, -0.25) is 0 Å². The first-order valence-electron chi connectivity index (χ1n) is 6.04. The first kappa shape index (κ1) is 14.2. The third kappa shape index (κ3) is 3.89. The Kier molecular flexibility index (Phi) is 4.84. The molecule has 0 aliphatic heterocycles. The van der Waals surface area contributed by atoms with Crippen LogP contribution in [0.3, 0.4) is 0 Å². The molecular weight excluding hydrogens is 280 g/mol. The minimum atomic E-state index is -0.393. The molecule has 0 aliphatic carbocycles. The second-order valence-electron chi connectivity index (χ2n) is 3.95. The van der Waals surface area contributed by atoms with Crippen molar-refractivity contribution >= 4 is 23.3 Å². The van der Waals surface area contributed by atoms with Crippen molar-refractivity contribution in [3.8, 4) is 0 Å². The molecule has 20 heavy (non-hydrogen) atoms. The maximum Gasteiger partial charge on any atom is 0.334 e. The number of halogens is 1. The van der Waals surface area contributed by atoms with Crippen LogP contribution in [0, 0.1) is 0 Å². The zero-order valence-electron chi connectivity index (χ0n) is 10.9. The predicted molar refractivity (Wildman–Crippen MR) is 74.4 cm³/mol. The van der Waals surface area contributed by atoms with Crippen molar-refractivity contribution in [3.63, 3.8) is 0 Å². The molecule has 104 valence electrons. The fraction of sp³-hybridized carbons (Fsp3) is 0.231. The van der Waals surface area contributed by atoms with Crippen LogP contribution in [0.15, 0.2) is 42.1 Å². The Morgan fingerprint density at radius 3 is 2.75 bits per heavy atom. The van der Waals surface area contributed by atoms with Crippen LogP contribution in [0.1, 0.15) is 18.9 Å². The summed E-state index contributed by atoms with van der Waals surface area (Å²) in [4.78, 5) is 19.9. The van der Waals surface area contributed by atoms with Gasteiger partial charge >= 0.3 is 5.97 Å². The summed E-state index contributed by atoms with van der Waals surface area (Å²) in [6, 6.07) is 7.10. The van der Waals surface area contributed by atoms with Crippen molar-refractivity contribution < 1.29 is 9.63 Å². The average molecular weight is 293 g/mol. The van der Waals surface area contributed by atoms with Crippen LogP contribution in [0.5, 0.6) is 0 Å². The zero-order valence-corrected chi connectivity index (χ0v) is 11.6. The molecule has 2 rings (SSSR count). The maximum absolute atomic E-state index is 11.2. The molecule has 0 spiro atoms. The van der Waals surface area contributed by atoms with Crippen molar-refractivity contribution in [2.75, 3.05) is 0 Å². The van der Waals surface area contributed by atoms with Crippen molar-refractivity contribution in [1.29, 1.82) is 0 Å². The Labute approximate surface area is 121 Å². The Balaban J connectivity index is 2.23. The summed E-state index contributed by atoms with van der Waals surface area (Å²) in [5.74, 6) is -0.393. The van der Waals surface area contributed by atoms with E-state index in [0.717, 1.165) is 5.56 Å². The van der Waals surface area contributed by atoms with Crippen molar-refractivity contribution in [2.45, 2.75) is 19.9 Å². The number of hydrogen-bond acceptors (Lipinski definition) is 5. The molecule has 0 amide bonds. The van der Waals surface area contributed by atoms with Crippen LogP contribution in [0.2, 0.25) is 5.02 Å². The number of oxime groups is 1. The van der Waals surface area contributed by atoms with Gasteiger partial charge in [-0.2, -0.15) is 5.10 Å². The number of nitrogens with zero attached hydrogens (tertiary/aromatic N) is 4. The Hall–Kier alpha value is -2.21. The summed E-state index contributed by atoms with van der Waals surface area (Å²) < 4.78 is 1.59. The van der Waals surface area contributed by atoms with Gasteiger partial charge in [0.2, 0.25) is 0 Å². The monoisotopic (exact) mass is 292 g/mol. The van der Waals surface area contributed by atoms with E-state index in [1.54, 1.807) is 42.2 Å². The topological polar surface area (TPSA) is 69.4 Å². The molecule has 1 aromatic heterocycles. The van der Waals surface area contributed by atoms with Crippen LogP contribution >= 0.6 is 11.6 Å². The van der Waals surface area contributed by atoms with E-state index in [-0.39, 0.29) is 6.42 Å². The fourth-order valence-corrected chi connectivity index (χ4v) is 1.58. The molecule has 0 radical (unpaired) electrons. The Morgan fingerprint density at radius 2 is 2.15 bits per heavy atom. The van der Waals surface area contributed by atoms with Gasteiger partial charge in [0.05, 0.1) is 6.54 Å². The van der Waals surface area contributed by atoms with Crippen LogP contribution < -0.4 is 0 Å². The van der Waals surface area contributed by atoms with E-state index in [1.165, 1.54) is 6.33 Å². The quantitative estimate of drug-likeness (QED) is 0.482. The number of carbonyl (C=O) groups is 1. The molecule has 0 bridgehead atoms. The number of hydrogen-bond donors (Lipinski definition) is 0. The van der Waals surface area contributed by atoms with Crippen LogP contribution in [-0.4, -0.2) is 26.4 Å². The minimum Gasteiger partial charge on any atom is -0.318 e. The number of rotatable bonds is 5. The largest absolute Gasteiger partial charge is 0.334 e. The van der Waals surface area contributed by atoms with Gasteiger partial charge < -0.3 is 4.84 Å². The molecule has 0 atom stereocenters. The maximum atomic E-state index is 11.2. The molecular formula is C13H13ClN4O2. The fourth-order valence-electron chi connectivity index (χ4n) is 1.45. The summed E-state index contributed by atoms with van der Waals surface area (Å²) >= 11 is 5.86. The van der Waals surface area contributed by atoms with E-state index < -0.39 is 5.97 Å². The molecule has 7 heteroatoms. The summed E-state index contributed by atoms with van der Waals surface area (Å²) in [7, 11) is 0. The molecule has 0 aliphatic rings. The molecule has 0 unspecified atom stereocenters. The predicted octanol–water partition coefficient (Wildman–Crippen LogP) is 2.29. The summed E-state index contributed by atoms with van der Waals surface area (Å²) in [6.45, 7) is 2.05. The third-order valence-corrected chi connectivity index (χ3v) is 2.75. The van der Waals surface area contributed by atoms with E-state index in [0.29, 0.717) is 17.3 Å². The van der Waals surface area contributed by atoms with Gasteiger partial charge in [-0.1, -0.05) is 35.8 Å². The van der Waals surface area contributed by atoms with Gasteiger partial charge in [0, 0.05) is 17.0 Å². The van der Waals surface area contributed by atoms with Gasteiger partial charge in [-0.15, -0.1) is 0 Å². The minimum absolute atomic E-state index is 0.265. The summed E-state index contributed by atoms with van der Waals surface area (Å²) in [6.07, 6.45) is 3.26. The molecule has 0 saturated heterocycles. The van der Waals surface area contributed by atoms with E-state index in [4.69, 9.17) is 16.4 Å².